The van der Waals surface area contributed by atoms with E-state index in [0.717, 1.165) is 16.8 Å². The minimum Gasteiger partial charge on any atom is -0.332 e. The first-order valence-electron chi connectivity index (χ1n) is 7.77. The molecular formula is C16H20N6O2. The molecule has 126 valence electrons. The number of carbonyl (C=O) groups excluding carboxylic acids is 2. The molecule has 0 fully saturated rings. The highest BCUT2D eigenvalue weighted by molar-refractivity contribution is 5.99. The van der Waals surface area contributed by atoms with Gasteiger partial charge in [-0.25, -0.2) is 4.79 Å². The molecular weight excluding hydrogens is 308 g/mol. The molecule has 8 heteroatoms. The summed E-state index contributed by atoms with van der Waals surface area (Å²) >= 11 is 0. The third-order valence-corrected chi connectivity index (χ3v) is 4.08. The molecule has 24 heavy (non-hydrogen) atoms. The van der Waals surface area contributed by atoms with Gasteiger partial charge in [0.05, 0.1) is 18.5 Å². The van der Waals surface area contributed by atoms with Crippen LogP contribution in [0.5, 0.6) is 0 Å². The number of urea groups is 1. The molecule has 2 heterocycles. The SMILES string of the molecule is C[C@H](NC(=O)N[C@@H](C)c1nncn1C)c1ccc2c(c1)CC(=O)N2. The maximum atomic E-state index is 12.2. The van der Waals surface area contributed by atoms with Crippen molar-refractivity contribution in [1.82, 2.24) is 25.4 Å². The highest BCUT2D eigenvalue weighted by Gasteiger charge is 2.20. The molecule has 3 rings (SSSR count). The smallest absolute Gasteiger partial charge is 0.315 e. The molecule has 2 aromatic rings. The van der Waals surface area contributed by atoms with E-state index in [9.17, 15) is 9.59 Å². The second-order valence-electron chi connectivity index (χ2n) is 6.00. The van der Waals surface area contributed by atoms with E-state index < -0.39 is 0 Å². The van der Waals surface area contributed by atoms with Gasteiger partial charge in [0.1, 0.15) is 6.33 Å². The van der Waals surface area contributed by atoms with Gasteiger partial charge >= 0.3 is 6.03 Å². The van der Waals surface area contributed by atoms with Crippen LogP contribution in [-0.2, 0) is 18.3 Å². The number of nitrogens with one attached hydrogen (secondary N) is 3. The van der Waals surface area contributed by atoms with Crippen molar-refractivity contribution < 1.29 is 9.59 Å². The average Bonchev–Trinajstić information content (AvgIpc) is 3.10. The molecule has 1 aliphatic heterocycles. The average molecular weight is 328 g/mol. The van der Waals surface area contributed by atoms with Crippen molar-refractivity contribution in [3.8, 4) is 0 Å². The van der Waals surface area contributed by atoms with Crippen molar-refractivity contribution >= 4 is 17.6 Å². The number of hydrogen-bond donors (Lipinski definition) is 3. The lowest BCUT2D eigenvalue weighted by Gasteiger charge is -2.18. The highest BCUT2D eigenvalue weighted by atomic mass is 16.2. The molecule has 8 nitrogen and oxygen atoms in total. The summed E-state index contributed by atoms with van der Waals surface area (Å²) in [4.78, 5) is 23.6. The third kappa shape index (κ3) is 3.22. The molecule has 0 aliphatic carbocycles. The highest BCUT2D eigenvalue weighted by Crippen LogP contribution is 2.26. The standard InChI is InChI=1S/C16H20N6O2/c1-9(11-4-5-13-12(6-11)7-14(23)20-13)18-16(24)19-10(2)15-21-17-8-22(15)3/h4-6,8-10H,7H2,1-3H3,(H,20,23)(H2,18,19,24)/t9-,10-/m0/s1. The molecule has 0 spiro atoms. The summed E-state index contributed by atoms with van der Waals surface area (Å²) in [5, 5.41) is 16.3. The van der Waals surface area contributed by atoms with Gasteiger partial charge in [-0.3, -0.25) is 4.79 Å². The van der Waals surface area contributed by atoms with Crippen LogP contribution in [-0.4, -0.2) is 26.7 Å². The number of anilines is 1. The Balaban J connectivity index is 1.61. The van der Waals surface area contributed by atoms with Crippen LogP contribution in [0, 0.1) is 0 Å². The molecule has 0 radical (unpaired) electrons. The monoisotopic (exact) mass is 328 g/mol. The lowest BCUT2D eigenvalue weighted by molar-refractivity contribution is -0.115. The summed E-state index contributed by atoms with van der Waals surface area (Å²) in [5.74, 6) is 0.679. The van der Waals surface area contributed by atoms with Crippen molar-refractivity contribution in [3.63, 3.8) is 0 Å². The Kier molecular flexibility index (Phi) is 4.20. The summed E-state index contributed by atoms with van der Waals surface area (Å²) in [6, 6.07) is 5.00. The maximum absolute atomic E-state index is 12.2. The van der Waals surface area contributed by atoms with Gasteiger partial charge in [0.2, 0.25) is 5.91 Å². The number of aryl methyl sites for hydroxylation is 1. The predicted octanol–water partition coefficient (Wildman–Crippen LogP) is 1.43. The summed E-state index contributed by atoms with van der Waals surface area (Å²) in [7, 11) is 1.83. The summed E-state index contributed by atoms with van der Waals surface area (Å²) in [6.45, 7) is 3.75. The van der Waals surface area contributed by atoms with Gasteiger partial charge in [0.25, 0.3) is 0 Å². The van der Waals surface area contributed by atoms with E-state index in [1.807, 2.05) is 39.1 Å². The zero-order valence-electron chi connectivity index (χ0n) is 13.8. The van der Waals surface area contributed by atoms with E-state index >= 15 is 0 Å². The number of carbonyl (C=O) groups is 2. The van der Waals surface area contributed by atoms with Gasteiger partial charge in [-0.15, -0.1) is 10.2 Å². The van der Waals surface area contributed by atoms with Crippen LogP contribution in [0.4, 0.5) is 10.5 Å². The predicted molar refractivity (Wildman–Crippen MR) is 88.3 cm³/mol. The van der Waals surface area contributed by atoms with Crippen LogP contribution in [0.3, 0.4) is 0 Å². The van der Waals surface area contributed by atoms with Crippen molar-refractivity contribution in [1.29, 1.82) is 0 Å². The van der Waals surface area contributed by atoms with Crippen LogP contribution < -0.4 is 16.0 Å². The van der Waals surface area contributed by atoms with Crippen molar-refractivity contribution in [2.24, 2.45) is 7.05 Å². The number of benzene rings is 1. The quantitative estimate of drug-likeness (QED) is 0.790. The molecule has 3 amide bonds. The first-order valence-corrected chi connectivity index (χ1v) is 7.77. The molecule has 3 N–H and O–H groups in total. The van der Waals surface area contributed by atoms with Crippen LogP contribution in [0.2, 0.25) is 0 Å². The Labute approximate surface area is 139 Å². The fourth-order valence-electron chi connectivity index (χ4n) is 2.79. The van der Waals surface area contributed by atoms with Crippen molar-refractivity contribution in [3.05, 3.63) is 41.5 Å². The van der Waals surface area contributed by atoms with E-state index in [4.69, 9.17) is 0 Å². The first kappa shape index (κ1) is 16.0. The second kappa shape index (κ2) is 6.31. The molecule has 0 saturated carbocycles. The molecule has 1 aliphatic rings. The number of aromatic nitrogens is 3. The van der Waals surface area contributed by atoms with Gasteiger partial charge in [0.15, 0.2) is 5.82 Å². The normalized spacial score (nSPS) is 15.4. The Morgan fingerprint density at radius 2 is 2.04 bits per heavy atom. The number of rotatable bonds is 4. The number of fused-ring (bicyclic) bond motifs is 1. The Morgan fingerprint density at radius 3 is 2.75 bits per heavy atom. The van der Waals surface area contributed by atoms with E-state index in [2.05, 4.69) is 26.1 Å². The number of amides is 3. The summed E-state index contributed by atoms with van der Waals surface area (Å²) in [5.41, 5.74) is 2.75. The van der Waals surface area contributed by atoms with Gasteiger partial charge < -0.3 is 20.5 Å². The molecule has 0 unspecified atom stereocenters. The molecule has 2 atom stereocenters. The zero-order chi connectivity index (χ0) is 17.3. The lowest BCUT2D eigenvalue weighted by Crippen LogP contribution is -2.39. The van der Waals surface area contributed by atoms with Crippen molar-refractivity contribution in [2.45, 2.75) is 32.4 Å². The van der Waals surface area contributed by atoms with Crippen LogP contribution in [0.25, 0.3) is 0 Å². The Bertz CT molecular complexity index is 785. The Morgan fingerprint density at radius 1 is 1.29 bits per heavy atom. The van der Waals surface area contributed by atoms with E-state index in [-0.39, 0.29) is 24.0 Å². The van der Waals surface area contributed by atoms with Crippen LogP contribution in [0.1, 0.15) is 42.9 Å². The van der Waals surface area contributed by atoms with Gasteiger partial charge in [0, 0.05) is 12.7 Å². The number of nitrogens with zero attached hydrogens (tertiary/aromatic N) is 3. The topological polar surface area (TPSA) is 101 Å². The van der Waals surface area contributed by atoms with Crippen molar-refractivity contribution in [2.75, 3.05) is 5.32 Å². The van der Waals surface area contributed by atoms with Gasteiger partial charge in [-0.2, -0.15) is 0 Å². The van der Waals surface area contributed by atoms with Gasteiger partial charge in [-0.05, 0) is 31.0 Å². The summed E-state index contributed by atoms with van der Waals surface area (Å²) < 4.78 is 1.76. The van der Waals surface area contributed by atoms with Crippen LogP contribution in [0.15, 0.2) is 24.5 Å². The minimum absolute atomic E-state index is 0.00185. The van der Waals surface area contributed by atoms with E-state index in [0.29, 0.717) is 12.2 Å². The largest absolute Gasteiger partial charge is 0.332 e. The lowest BCUT2D eigenvalue weighted by atomic mass is 10.0. The maximum Gasteiger partial charge on any atom is 0.315 e. The zero-order valence-corrected chi connectivity index (χ0v) is 13.8. The Hall–Kier alpha value is -2.90. The fraction of sp³-hybridized carbons (Fsp3) is 0.375. The second-order valence-corrected chi connectivity index (χ2v) is 6.00. The fourth-order valence-corrected chi connectivity index (χ4v) is 2.79. The van der Waals surface area contributed by atoms with E-state index in [1.54, 1.807) is 10.9 Å². The number of hydrogen-bond acceptors (Lipinski definition) is 4. The molecule has 1 aromatic carbocycles. The van der Waals surface area contributed by atoms with Gasteiger partial charge in [-0.1, -0.05) is 12.1 Å². The first-order chi connectivity index (χ1) is 11.4. The van der Waals surface area contributed by atoms with E-state index in [1.165, 1.54) is 0 Å². The van der Waals surface area contributed by atoms with Crippen LogP contribution >= 0.6 is 0 Å². The third-order valence-electron chi connectivity index (χ3n) is 4.08. The summed E-state index contributed by atoms with van der Waals surface area (Å²) in [6.07, 6.45) is 1.97. The minimum atomic E-state index is -0.285. The molecule has 0 saturated heterocycles. The molecule has 0 bridgehead atoms. The molecule has 1 aromatic heterocycles.